The first kappa shape index (κ1) is 12.1. The first-order chi connectivity index (χ1) is 8.06. The van der Waals surface area contributed by atoms with Crippen molar-refractivity contribution in [2.45, 2.75) is 13.5 Å². The number of aromatic carboxylic acids is 1. The molecule has 17 heavy (non-hydrogen) atoms. The number of carbonyl (C=O) groups is 1. The number of carboxylic acids is 1. The number of aliphatic hydroxyl groups is 1. The van der Waals surface area contributed by atoms with Crippen molar-refractivity contribution in [3.63, 3.8) is 0 Å². The fourth-order valence-corrected chi connectivity index (χ4v) is 2.46. The highest BCUT2D eigenvalue weighted by Crippen LogP contribution is 2.28. The molecule has 0 unspecified atom stereocenters. The van der Waals surface area contributed by atoms with Crippen LogP contribution in [0.25, 0.3) is 10.9 Å². The second-order valence-electron chi connectivity index (χ2n) is 3.82. The average molecular weight is 298 g/mol. The van der Waals surface area contributed by atoms with Gasteiger partial charge in [0, 0.05) is 21.9 Å². The molecule has 4 nitrogen and oxygen atoms in total. The van der Waals surface area contributed by atoms with Gasteiger partial charge >= 0.3 is 5.97 Å². The Kier molecular flexibility index (Phi) is 3.22. The van der Waals surface area contributed by atoms with Crippen molar-refractivity contribution < 1.29 is 15.0 Å². The van der Waals surface area contributed by atoms with Crippen LogP contribution in [0.1, 0.15) is 16.1 Å². The van der Waals surface area contributed by atoms with Crippen LogP contribution < -0.4 is 0 Å². The van der Waals surface area contributed by atoms with Gasteiger partial charge in [-0.05, 0) is 30.7 Å². The van der Waals surface area contributed by atoms with E-state index < -0.39 is 5.97 Å². The summed E-state index contributed by atoms with van der Waals surface area (Å²) in [7, 11) is 0. The Labute approximate surface area is 107 Å². The molecule has 0 spiro atoms. The predicted octanol–water partition coefficient (Wildman–Crippen LogP) is 2.40. The smallest absolute Gasteiger partial charge is 0.352 e. The average Bonchev–Trinajstić information content (AvgIpc) is 2.53. The third-order valence-electron chi connectivity index (χ3n) is 2.80. The van der Waals surface area contributed by atoms with Crippen molar-refractivity contribution in [2.75, 3.05) is 6.61 Å². The minimum Gasteiger partial charge on any atom is -0.477 e. The van der Waals surface area contributed by atoms with Gasteiger partial charge in [0.05, 0.1) is 6.61 Å². The third kappa shape index (κ3) is 1.96. The van der Waals surface area contributed by atoms with E-state index in [1.807, 2.05) is 18.2 Å². The van der Waals surface area contributed by atoms with Gasteiger partial charge in [-0.3, -0.25) is 0 Å². The lowest BCUT2D eigenvalue weighted by Gasteiger charge is -2.05. The molecule has 2 aromatic rings. The molecular weight excluding hydrogens is 286 g/mol. The number of fused-ring (bicyclic) bond motifs is 1. The standard InChI is InChI=1S/C12H12BrNO3/c1-7-9-6-8(13)2-3-10(9)14(4-5-15)11(7)12(16)17/h2-3,6,15H,4-5H2,1H3,(H,16,17). The van der Waals surface area contributed by atoms with Gasteiger partial charge in [0.15, 0.2) is 0 Å². The van der Waals surface area contributed by atoms with Gasteiger partial charge in [-0.15, -0.1) is 0 Å². The maximum Gasteiger partial charge on any atom is 0.352 e. The zero-order valence-electron chi connectivity index (χ0n) is 9.27. The van der Waals surface area contributed by atoms with E-state index in [1.165, 1.54) is 0 Å². The minimum absolute atomic E-state index is 0.0838. The molecule has 1 aromatic heterocycles. The van der Waals surface area contributed by atoms with Crippen LogP contribution in [0, 0.1) is 6.92 Å². The van der Waals surface area contributed by atoms with Crippen LogP contribution in [0.15, 0.2) is 22.7 Å². The van der Waals surface area contributed by atoms with E-state index in [0.29, 0.717) is 0 Å². The van der Waals surface area contributed by atoms with E-state index in [-0.39, 0.29) is 18.8 Å². The Morgan fingerprint density at radius 2 is 2.18 bits per heavy atom. The van der Waals surface area contributed by atoms with Crippen molar-refractivity contribution in [3.05, 3.63) is 33.9 Å². The number of hydrogen-bond donors (Lipinski definition) is 2. The van der Waals surface area contributed by atoms with Crippen molar-refractivity contribution in [3.8, 4) is 0 Å². The molecule has 0 radical (unpaired) electrons. The van der Waals surface area contributed by atoms with Crippen LogP contribution >= 0.6 is 15.9 Å². The van der Waals surface area contributed by atoms with Gasteiger partial charge in [0.2, 0.25) is 0 Å². The Bertz CT molecular complexity index is 589. The van der Waals surface area contributed by atoms with E-state index in [9.17, 15) is 9.90 Å². The van der Waals surface area contributed by atoms with Crippen LogP contribution in [-0.2, 0) is 6.54 Å². The maximum atomic E-state index is 11.3. The molecule has 1 aromatic carbocycles. The molecule has 0 atom stereocenters. The molecule has 0 bridgehead atoms. The summed E-state index contributed by atoms with van der Waals surface area (Å²) >= 11 is 3.37. The maximum absolute atomic E-state index is 11.3. The van der Waals surface area contributed by atoms with Crippen molar-refractivity contribution in [1.29, 1.82) is 0 Å². The second kappa shape index (κ2) is 4.50. The van der Waals surface area contributed by atoms with Gasteiger partial charge in [-0.1, -0.05) is 15.9 Å². The summed E-state index contributed by atoms with van der Waals surface area (Å²) in [4.78, 5) is 11.3. The van der Waals surface area contributed by atoms with Crippen LogP contribution in [0.2, 0.25) is 0 Å². The number of aryl methyl sites for hydroxylation is 1. The van der Waals surface area contributed by atoms with Gasteiger partial charge in [0.25, 0.3) is 0 Å². The first-order valence-electron chi connectivity index (χ1n) is 5.18. The first-order valence-corrected chi connectivity index (χ1v) is 5.98. The predicted molar refractivity (Wildman–Crippen MR) is 68.4 cm³/mol. The molecule has 2 N–H and O–H groups in total. The van der Waals surface area contributed by atoms with Crippen LogP contribution in [0.5, 0.6) is 0 Å². The van der Waals surface area contributed by atoms with E-state index in [4.69, 9.17) is 5.11 Å². The normalized spacial score (nSPS) is 11.0. The lowest BCUT2D eigenvalue weighted by atomic mass is 10.1. The van der Waals surface area contributed by atoms with E-state index >= 15 is 0 Å². The van der Waals surface area contributed by atoms with Crippen LogP contribution in [0.3, 0.4) is 0 Å². The quantitative estimate of drug-likeness (QED) is 0.914. The lowest BCUT2D eigenvalue weighted by molar-refractivity contribution is 0.0683. The molecule has 0 fully saturated rings. The van der Waals surface area contributed by atoms with E-state index in [0.717, 1.165) is 20.9 Å². The Balaban J connectivity index is 2.82. The summed E-state index contributed by atoms with van der Waals surface area (Å²) in [5.74, 6) is -0.969. The summed E-state index contributed by atoms with van der Waals surface area (Å²) in [6.07, 6.45) is 0. The monoisotopic (exact) mass is 297 g/mol. The topological polar surface area (TPSA) is 62.5 Å². The Morgan fingerprint density at radius 1 is 1.47 bits per heavy atom. The molecule has 0 saturated heterocycles. The largest absolute Gasteiger partial charge is 0.477 e. The summed E-state index contributed by atoms with van der Waals surface area (Å²) in [6, 6.07) is 5.61. The number of aliphatic hydroxyl groups excluding tert-OH is 1. The highest BCUT2D eigenvalue weighted by molar-refractivity contribution is 9.10. The zero-order valence-corrected chi connectivity index (χ0v) is 10.9. The molecular formula is C12H12BrNO3. The number of hydrogen-bond acceptors (Lipinski definition) is 2. The number of halogens is 1. The molecule has 0 aliphatic heterocycles. The Hall–Kier alpha value is -1.33. The lowest BCUT2D eigenvalue weighted by Crippen LogP contribution is -2.11. The molecule has 0 saturated carbocycles. The Morgan fingerprint density at radius 3 is 2.76 bits per heavy atom. The molecule has 1 heterocycles. The van der Waals surface area contributed by atoms with Gasteiger partial charge in [-0.2, -0.15) is 0 Å². The fraction of sp³-hybridized carbons (Fsp3) is 0.250. The van der Waals surface area contributed by atoms with Crippen molar-refractivity contribution >= 4 is 32.8 Å². The van der Waals surface area contributed by atoms with Crippen LogP contribution in [0.4, 0.5) is 0 Å². The SMILES string of the molecule is Cc1c(C(=O)O)n(CCO)c2ccc(Br)cc12. The minimum atomic E-state index is -0.969. The highest BCUT2D eigenvalue weighted by Gasteiger charge is 2.19. The molecule has 0 amide bonds. The molecule has 5 heteroatoms. The summed E-state index contributed by atoms with van der Waals surface area (Å²) < 4.78 is 2.55. The summed E-state index contributed by atoms with van der Waals surface area (Å²) in [6.45, 7) is 1.99. The van der Waals surface area contributed by atoms with E-state index in [1.54, 1.807) is 11.5 Å². The third-order valence-corrected chi connectivity index (χ3v) is 3.30. The molecule has 2 rings (SSSR count). The molecule has 90 valence electrons. The number of carboxylic acid groups (broad SMARTS) is 1. The summed E-state index contributed by atoms with van der Waals surface area (Å²) in [5.41, 5.74) is 1.80. The van der Waals surface area contributed by atoms with Gasteiger partial charge in [0.1, 0.15) is 5.69 Å². The van der Waals surface area contributed by atoms with Gasteiger partial charge < -0.3 is 14.8 Å². The number of nitrogens with zero attached hydrogens (tertiary/aromatic N) is 1. The summed E-state index contributed by atoms with van der Waals surface area (Å²) in [5, 5.41) is 19.1. The zero-order chi connectivity index (χ0) is 12.6. The fourth-order valence-electron chi connectivity index (χ4n) is 2.10. The molecule has 0 aliphatic rings. The number of rotatable bonds is 3. The highest BCUT2D eigenvalue weighted by atomic mass is 79.9. The number of benzene rings is 1. The number of aromatic nitrogens is 1. The second-order valence-corrected chi connectivity index (χ2v) is 4.73. The van der Waals surface area contributed by atoms with Gasteiger partial charge in [-0.25, -0.2) is 4.79 Å². The van der Waals surface area contributed by atoms with E-state index in [2.05, 4.69) is 15.9 Å². The van der Waals surface area contributed by atoms with Crippen LogP contribution in [-0.4, -0.2) is 27.4 Å². The van der Waals surface area contributed by atoms with Crippen molar-refractivity contribution in [1.82, 2.24) is 4.57 Å². The molecule has 0 aliphatic carbocycles. The van der Waals surface area contributed by atoms with Crippen molar-refractivity contribution in [2.24, 2.45) is 0 Å².